The highest BCUT2D eigenvalue weighted by molar-refractivity contribution is 14.1. The highest BCUT2D eigenvalue weighted by Crippen LogP contribution is 2.16. The number of amides is 1. The molecular formula is C13H17IN2O3. The number of esters is 1. The molecule has 0 aliphatic carbocycles. The predicted molar refractivity (Wildman–Crippen MR) is 81.7 cm³/mol. The molecule has 0 bridgehead atoms. The van der Waals surface area contributed by atoms with Gasteiger partial charge in [0.25, 0.3) is 5.91 Å². The van der Waals surface area contributed by atoms with E-state index in [9.17, 15) is 9.59 Å². The fourth-order valence-corrected chi connectivity index (χ4v) is 2.03. The van der Waals surface area contributed by atoms with Gasteiger partial charge in [-0.25, -0.2) is 4.79 Å². The lowest BCUT2D eigenvalue weighted by molar-refractivity contribution is -0.144. The molecule has 104 valence electrons. The third kappa shape index (κ3) is 4.09. The van der Waals surface area contributed by atoms with E-state index in [-0.39, 0.29) is 11.8 Å². The topological polar surface area (TPSA) is 81.4 Å². The van der Waals surface area contributed by atoms with Crippen LogP contribution in [0.25, 0.3) is 0 Å². The Morgan fingerprint density at radius 3 is 2.47 bits per heavy atom. The molecule has 19 heavy (non-hydrogen) atoms. The molecule has 0 spiro atoms. The molecule has 0 aliphatic heterocycles. The first-order valence-corrected chi connectivity index (χ1v) is 6.88. The summed E-state index contributed by atoms with van der Waals surface area (Å²) < 4.78 is 5.47. The smallest absolute Gasteiger partial charge is 0.328 e. The van der Waals surface area contributed by atoms with Crippen LogP contribution in [0.5, 0.6) is 0 Å². The third-order valence-corrected chi connectivity index (χ3v) is 3.61. The summed E-state index contributed by atoms with van der Waals surface area (Å²) >= 11 is 2.05. The van der Waals surface area contributed by atoms with Gasteiger partial charge >= 0.3 is 5.97 Å². The van der Waals surface area contributed by atoms with Gasteiger partial charge in [0.1, 0.15) is 6.04 Å². The van der Waals surface area contributed by atoms with Gasteiger partial charge in [-0.2, -0.15) is 0 Å². The molecule has 1 atom stereocenters. The van der Waals surface area contributed by atoms with Crippen molar-refractivity contribution in [3.05, 3.63) is 27.3 Å². The van der Waals surface area contributed by atoms with Gasteiger partial charge in [-0.3, -0.25) is 4.79 Å². The number of carbonyl (C=O) groups excluding carboxylic acids is 2. The molecule has 0 saturated heterocycles. The van der Waals surface area contributed by atoms with Gasteiger partial charge in [0, 0.05) is 14.8 Å². The summed E-state index contributed by atoms with van der Waals surface area (Å²) in [6.45, 7) is 3.68. The van der Waals surface area contributed by atoms with Crippen molar-refractivity contribution in [2.45, 2.75) is 19.9 Å². The maximum atomic E-state index is 12.1. The van der Waals surface area contributed by atoms with Crippen LogP contribution in [0.4, 0.5) is 5.69 Å². The number of methoxy groups -OCH3 is 1. The molecule has 0 unspecified atom stereocenters. The standard InChI is InChI=1S/C13H17IN2O3/c1-7(2)11(13(18)19-3)16-12(17)8-4-5-10(15)9(14)6-8/h4-7,11H,15H2,1-3H3,(H,16,17)/t11-/m0/s1. The molecule has 3 N–H and O–H groups in total. The summed E-state index contributed by atoms with van der Waals surface area (Å²) in [7, 11) is 1.30. The van der Waals surface area contributed by atoms with Gasteiger partial charge in [-0.15, -0.1) is 0 Å². The zero-order valence-electron chi connectivity index (χ0n) is 11.1. The van der Waals surface area contributed by atoms with Crippen molar-refractivity contribution < 1.29 is 14.3 Å². The van der Waals surface area contributed by atoms with E-state index in [1.807, 2.05) is 13.8 Å². The van der Waals surface area contributed by atoms with Crippen LogP contribution in [0.1, 0.15) is 24.2 Å². The maximum Gasteiger partial charge on any atom is 0.328 e. The van der Waals surface area contributed by atoms with Crippen LogP contribution in [0.3, 0.4) is 0 Å². The van der Waals surface area contributed by atoms with Crippen molar-refractivity contribution in [3.8, 4) is 0 Å². The van der Waals surface area contributed by atoms with Crippen molar-refractivity contribution in [3.63, 3.8) is 0 Å². The second-order valence-electron chi connectivity index (χ2n) is 4.45. The normalized spacial score (nSPS) is 12.1. The van der Waals surface area contributed by atoms with E-state index in [2.05, 4.69) is 32.6 Å². The number of ether oxygens (including phenoxy) is 1. The average molecular weight is 376 g/mol. The molecule has 6 heteroatoms. The van der Waals surface area contributed by atoms with E-state index in [1.54, 1.807) is 18.2 Å². The predicted octanol–water partition coefficient (Wildman–Crippen LogP) is 1.80. The number of hydrogen-bond donors (Lipinski definition) is 2. The minimum absolute atomic E-state index is 0.0516. The molecule has 1 aromatic rings. The fraction of sp³-hybridized carbons (Fsp3) is 0.385. The Morgan fingerprint density at radius 2 is 2.00 bits per heavy atom. The number of hydrogen-bond acceptors (Lipinski definition) is 4. The van der Waals surface area contributed by atoms with E-state index in [0.29, 0.717) is 11.3 Å². The Balaban J connectivity index is 2.87. The molecule has 1 amide bonds. The second-order valence-corrected chi connectivity index (χ2v) is 5.62. The second kappa shape index (κ2) is 6.74. The van der Waals surface area contributed by atoms with Crippen molar-refractivity contribution in [1.29, 1.82) is 0 Å². The zero-order valence-corrected chi connectivity index (χ0v) is 13.2. The van der Waals surface area contributed by atoms with Crippen molar-refractivity contribution >= 4 is 40.2 Å². The molecule has 0 fully saturated rings. The molecule has 5 nitrogen and oxygen atoms in total. The van der Waals surface area contributed by atoms with E-state index in [4.69, 9.17) is 5.73 Å². The van der Waals surface area contributed by atoms with E-state index < -0.39 is 12.0 Å². The van der Waals surface area contributed by atoms with Crippen LogP contribution in [0, 0.1) is 9.49 Å². The molecule has 0 radical (unpaired) electrons. The third-order valence-electron chi connectivity index (χ3n) is 2.67. The molecule has 1 aromatic carbocycles. The number of nitrogens with one attached hydrogen (secondary N) is 1. The largest absolute Gasteiger partial charge is 0.467 e. The number of benzene rings is 1. The first-order valence-electron chi connectivity index (χ1n) is 5.80. The van der Waals surface area contributed by atoms with E-state index in [0.717, 1.165) is 3.57 Å². The Labute approximate surface area is 126 Å². The summed E-state index contributed by atoms with van der Waals surface area (Å²) in [4.78, 5) is 23.7. The number of halogens is 1. The Morgan fingerprint density at radius 1 is 1.37 bits per heavy atom. The molecule has 0 saturated carbocycles. The first-order chi connectivity index (χ1) is 8.86. The number of anilines is 1. The molecular weight excluding hydrogens is 359 g/mol. The lowest BCUT2D eigenvalue weighted by Gasteiger charge is -2.19. The van der Waals surface area contributed by atoms with Crippen LogP contribution in [0.2, 0.25) is 0 Å². The summed E-state index contributed by atoms with van der Waals surface area (Å²) in [6.07, 6.45) is 0. The number of nitrogens with two attached hydrogens (primary N) is 1. The highest BCUT2D eigenvalue weighted by atomic mass is 127. The van der Waals surface area contributed by atoms with Crippen LogP contribution in [0.15, 0.2) is 18.2 Å². The summed E-state index contributed by atoms with van der Waals surface area (Å²) in [5, 5.41) is 2.67. The summed E-state index contributed by atoms with van der Waals surface area (Å²) in [5.74, 6) is -0.820. The lowest BCUT2D eigenvalue weighted by Crippen LogP contribution is -2.45. The van der Waals surface area contributed by atoms with Gasteiger partial charge in [-0.1, -0.05) is 13.8 Å². The first kappa shape index (κ1) is 15.7. The maximum absolute atomic E-state index is 12.1. The van der Waals surface area contributed by atoms with Crippen molar-refractivity contribution in [1.82, 2.24) is 5.32 Å². The monoisotopic (exact) mass is 376 g/mol. The van der Waals surface area contributed by atoms with Gasteiger partial charge < -0.3 is 15.8 Å². The highest BCUT2D eigenvalue weighted by Gasteiger charge is 2.25. The number of nitrogen functional groups attached to an aromatic ring is 1. The summed E-state index contributed by atoms with van der Waals surface area (Å²) in [5.41, 5.74) is 6.78. The van der Waals surface area contributed by atoms with Crippen molar-refractivity contribution in [2.75, 3.05) is 12.8 Å². The molecule has 0 aromatic heterocycles. The minimum atomic E-state index is -0.660. The molecule has 0 aliphatic rings. The zero-order chi connectivity index (χ0) is 14.6. The summed E-state index contributed by atoms with van der Waals surface area (Å²) in [6, 6.07) is 4.31. The van der Waals surface area contributed by atoms with Crippen LogP contribution in [-0.2, 0) is 9.53 Å². The van der Waals surface area contributed by atoms with Gasteiger partial charge in [0.05, 0.1) is 7.11 Å². The van der Waals surface area contributed by atoms with Gasteiger partial charge in [0.2, 0.25) is 0 Å². The van der Waals surface area contributed by atoms with Gasteiger partial charge in [0.15, 0.2) is 0 Å². The van der Waals surface area contributed by atoms with Crippen LogP contribution < -0.4 is 11.1 Å². The Hall–Kier alpha value is -1.31. The number of rotatable bonds is 4. The van der Waals surface area contributed by atoms with Gasteiger partial charge in [-0.05, 0) is 46.7 Å². The van der Waals surface area contributed by atoms with E-state index >= 15 is 0 Å². The molecule has 0 heterocycles. The average Bonchev–Trinajstić information content (AvgIpc) is 2.37. The molecule has 1 rings (SSSR count). The Kier molecular flexibility index (Phi) is 5.59. The number of carbonyl (C=O) groups is 2. The van der Waals surface area contributed by atoms with E-state index in [1.165, 1.54) is 7.11 Å². The quantitative estimate of drug-likeness (QED) is 0.477. The van der Waals surface area contributed by atoms with Crippen molar-refractivity contribution in [2.24, 2.45) is 5.92 Å². The fourth-order valence-electron chi connectivity index (χ4n) is 1.52. The Bertz CT molecular complexity index is 489. The SMILES string of the molecule is COC(=O)[C@@H](NC(=O)c1ccc(N)c(I)c1)C(C)C. The van der Waals surface area contributed by atoms with Crippen LogP contribution in [-0.4, -0.2) is 25.0 Å². The minimum Gasteiger partial charge on any atom is -0.467 e. The lowest BCUT2D eigenvalue weighted by atomic mass is 10.0. The van der Waals surface area contributed by atoms with Crippen LogP contribution >= 0.6 is 22.6 Å².